The van der Waals surface area contributed by atoms with E-state index in [4.69, 9.17) is 4.74 Å². The first-order valence-electron chi connectivity index (χ1n) is 18.6. The van der Waals surface area contributed by atoms with Gasteiger partial charge in [0.15, 0.2) is 12.3 Å². The number of benzene rings is 5. The molecule has 2 N–H and O–H groups in total. The molecule has 57 heavy (non-hydrogen) atoms. The third-order valence-corrected chi connectivity index (χ3v) is 11.2. The molecule has 0 bridgehead atoms. The highest BCUT2D eigenvalue weighted by molar-refractivity contribution is 7.86. The van der Waals surface area contributed by atoms with Gasteiger partial charge in [0.05, 0.1) is 16.4 Å². The molecule has 10 nitrogen and oxygen atoms in total. The number of nitrogens with one attached hydrogen (secondary N) is 1. The summed E-state index contributed by atoms with van der Waals surface area (Å²) in [5.41, 5.74) is 9.24. The van der Waals surface area contributed by atoms with Gasteiger partial charge in [0.2, 0.25) is 0 Å². The third kappa shape index (κ3) is 10.5. The minimum Gasteiger partial charge on any atom is -0.744 e. The molecule has 0 aliphatic heterocycles. The summed E-state index contributed by atoms with van der Waals surface area (Å²) < 4.78 is 75.8. The first-order chi connectivity index (χ1) is 27.3. The van der Waals surface area contributed by atoms with E-state index >= 15 is 0 Å². The molecule has 5 aromatic rings. The number of nitrogens with zero attached hydrogens (tertiary/aromatic N) is 2. The summed E-state index contributed by atoms with van der Waals surface area (Å²) in [7, 11) is -8.88. The Kier molecular flexibility index (Phi) is 12.9. The summed E-state index contributed by atoms with van der Waals surface area (Å²) in [6.45, 7) is 8.81. The highest BCUT2D eigenvalue weighted by Crippen LogP contribution is 2.33. The number of rotatable bonds is 15. The fourth-order valence-corrected chi connectivity index (χ4v) is 7.77. The molecule has 0 unspecified atom stereocenters. The molecule has 0 saturated heterocycles. The van der Waals surface area contributed by atoms with E-state index in [0.717, 1.165) is 61.9 Å². The Morgan fingerprint density at radius 2 is 1.28 bits per heavy atom. The van der Waals surface area contributed by atoms with Gasteiger partial charge in [-0.2, -0.15) is 8.42 Å². The summed E-state index contributed by atoms with van der Waals surface area (Å²) in [6, 6.07) is 36.8. The van der Waals surface area contributed by atoms with Crippen LogP contribution in [0, 0.1) is 0 Å². The predicted octanol–water partition coefficient (Wildman–Crippen LogP) is 8.61. The molecule has 0 heterocycles. The van der Waals surface area contributed by atoms with Crippen LogP contribution in [0.25, 0.3) is 5.57 Å². The zero-order valence-electron chi connectivity index (χ0n) is 32.0. The Labute approximate surface area is 335 Å². The average Bonchev–Trinajstić information content (AvgIpc) is 3.21. The second-order valence-corrected chi connectivity index (χ2v) is 16.2. The van der Waals surface area contributed by atoms with E-state index in [1.807, 2.05) is 81.4 Å². The fourth-order valence-electron chi connectivity index (χ4n) is 6.68. The smallest absolute Gasteiger partial charge is 0.294 e. The number of anilines is 3. The van der Waals surface area contributed by atoms with Gasteiger partial charge in [-0.15, -0.1) is 0 Å². The molecule has 5 aromatic carbocycles. The molecule has 0 aromatic heterocycles. The van der Waals surface area contributed by atoms with Gasteiger partial charge in [-0.3, -0.25) is 4.55 Å². The quantitative estimate of drug-likeness (QED) is 0.0787. The highest BCUT2D eigenvalue weighted by atomic mass is 32.2. The summed E-state index contributed by atoms with van der Waals surface area (Å²) in [6.07, 6.45) is 8.27. The highest BCUT2D eigenvalue weighted by Gasteiger charge is 2.18. The van der Waals surface area contributed by atoms with Crippen LogP contribution in [0.3, 0.4) is 0 Å². The van der Waals surface area contributed by atoms with Crippen LogP contribution in [0.4, 0.5) is 17.1 Å². The molecule has 6 rings (SSSR count). The van der Waals surface area contributed by atoms with Crippen molar-refractivity contribution < 1.29 is 35.3 Å². The van der Waals surface area contributed by atoms with Gasteiger partial charge in [-0.05, 0) is 134 Å². The number of hydrogen-bond donors (Lipinski definition) is 2. The molecular weight excluding hydrogens is 759 g/mol. The van der Waals surface area contributed by atoms with Crippen LogP contribution in [0.1, 0.15) is 43.0 Å². The Bertz CT molecular complexity index is 2540. The van der Waals surface area contributed by atoms with Crippen molar-refractivity contribution in [3.8, 4) is 5.75 Å². The minimum atomic E-state index is -4.56. The van der Waals surface area contributed by atoms with Crippen LogP contribution < -0.4 is 15.0 Å². The maximum Gasteiger partial charge on any atom is 0.294 e. The number of allylic oxidation sites excluding steroid dienone is 5. The summed E-state index contributed by atoms with van der Waals surface area (Å²) in [5, 5.41) is 3.46. The molecule has 0 saturated carbocycles. The largest absolute Gasteiger partial charge is 0.744 e. The van der Waals surface area contributed by atoms with Gasteiger partial charge in [0.25, 0.3) is 10.1 Å². The van der Waals surface area contributed by atoms with Crippen LogP contribution in [0.2, 0.25) is 0 Å². The van der Waals surface area contributed by atoms with E-state index in [1.54, 1.807) is 12.1 Å². The maximum atomic E-state index is 11.8. The van der Waals surface area contributed by atoms with Gasteiger partial charge in [-0.25, -0.2) is 13.0 Å². The van der Waals surface area contributed by atoms with Crippen molar-refractivity contribution >= 4 is 48.6 Å². The molecule has 0 fully saturated rings. The SMILES string of the molecule is CCOc1ccc(Nc2ccc(C(=C3C=CC(=[N+](CC)Cc4cccc(S(=O)(=O)O)c4)C=C3)c3ccc(N(CC)Cc4cccc(S(=O)(=O)[O-])c4)cc3)cc2)cc1. The number of ether oxygens (including phenoxy) is 1. The monoisotopic (exact) mass is 803 g/mol. The zero-order chi connectivity index (χ0) is 40.6. The fraction of sp³-hybridized carbons (Fsp3) is 0.178. The first kappa shape index (κ1) is 40.9. The third-order valence-electron chi connectivity index (χ3n) is 9.56. The molecule has 12 heteroatoms. The molecule has 0 amide bonds. The lowest BCUT2D eigenvalue weighted by atomic mass is 9.90. The van der Waals surface area contributed by atoms with Crippen LogP contribution >= 0.6 is 0 Å². The average molecular weight is 804 g/mol. The van der Waals surface area contributed by atoms with E-state index in [0.29, 0.717) is 32.8 Å². The van der Waals surface area contributed by atoms with Gasteiger partial charge >= 0.3 is 0 Å². The molecule has 1 aliphatic carbocycles. The molecular formula is C45H45N3O7S2. The van der Waals surface area contributed by atoms with Crippen molar-refractivity contribution in [2.75, 3.05) is 29.9 Å². The van der Waals surface area contributed by atoms with Crippen molar-refractivity contribution in [1.82, 2.24) is 0 Å². The lowest BCUT2D eigenvalue weighted by Gasteiger charge is -2.24. The van der Waals surface area contributed by atoms with E-state index in [2.05, 4.69) is 63.4 Å². The number of hydrogen-bond acceptors (Lipinski definition) is 8. The van der Waals surface area contributed by atoms with Gasteiger partial charge in [0.1, 0.15) is 22.4 Å². The standard InChI is InChI=1S/C45H45N3O7S2/c1-4-47(31-33-9-7-11-43(29-33)56(49,50)51)40-23-15-36(16-24-40)45(35-13-19-38(20-14-35)46-39-21-27-42(28-22-39)55-6-3)37-17-25-41(26-18-37)48(5-2)32-34-10-8-12-44(30-34)57(52,53)54/h7-30H,4-6,31-32H2,1-3H3,(H2,49,50,51,52,53,54). The lowest BCUT2D eigenvalue weighted by Crippen LogP contribution is -2.22. The van der Waals surface area contributed by atoms with Crippen molar-refractivity contribution in [3.05, 3.63) is 173 Å². The van der Waals surface area contributed by atoms with E-state index in [-0.39, 0.29) is 9.79 Å². The van der Waals surface area contributed by atoms with E-state index < -0.39 is 20.2 Å². The second kappa shape index (κ2) is 18.0. The van der Waals surface area contributed by atoms with Crippen molar-refractivity contribution in [1.29, 1.82) is 0 Å². The van der Waals surface area contributed by atoms with Gasteiger partial charge < -0.3 is 19.5 Å². The Hall–Kier alpha value is -5.79. The second-order valence-electron chi connectivity index (χ2n) is 13.4. The first-order valence-corrected chi connectivity index (χ1v) is 21.5. The topological polar surface area (TPSA) is 139 Å². The van der Waals surface area contributed by atoms with Crippen molar-refractivity contribution in [3.63, 3.8) is 0 Å². The minimum absolute atomic E-state index is 0.136. The van der Waals surface area contributed by atoms with E-state index in [9.17, 15) is 25.9 Å². The molecule has 0 atom stereocenters. The summed E-state index contributed by atoms with van der Waals surface area (Å²) in [5.74, 6) is 0.814. The predicted molar refractivity (Wildman–Crippen MR) is 225 cm³/mol. The van der Waals surface area contributed by atoms with Gasteiger partial charge in [0, 0.05) is 47.9 Å². The van der Waals surface area contributed by atoms with Crippen LogP contribution in [0.15, 0.2) is 161 Å². The van der Waals surface area contributed by atoms with Crippen LogP contribution in [0.5, 0.6) is 5.75 Å². The molecule has 0 spiro atoms. The Balaban J connectivity index is 1.32. The van der Waals surface area contributed by atoms with Crippen molar-refractivity contribution in [2.24, 2.45) is 0 Å². The zero-order valence-corrected chi connectivity index (χ0v) is 33.6. The molecule has 294 valence electrons. The van der Waals surface area contributed by atoms with E-state index in [1.165, 1.54) is 24.3 Å². The Morgan fingerprint density at radius 3 is 1.84 bits per heavy atom. The Morgan fingerprint density at radius 1 is 0.719 bits per heavy atom. The molecule has 1 aliphatic rings. The lowest BCUT2D eigenvalue weighted by molar-refractivity contribution is -0.539. The molecule has 0 radical (unpaired) electrons. The summed E-state index contributed by atoms with van der Waals surface area (Å²) in [4.78, 5) is 1.73. The van der Waals surface area contributed by atoms with Crippen molar-refractivity contribution in [2.45, 2.75) is 43.7 Å². The van der Waals surface area contributed by atoms with Gasteiger partial charge in [-0.1, -0.05) is 48.5 Å². The maximum absolute atomic E-state index is 11.8. The normalized spacial score (nSPS) is 12.7. The van der Waals surface area contributed by atoms with Crippen LogP contribution in [-0.2, 0) is 33.3 Å². The summed E-state index contributed by atoms with van der Waals surface area (Å²) >= 11 is 0. The van der Waals surface area contributed by atoms with Crippen LogP contribution in [-0.4, -0.2) is 55.9 Å².